The highest BCUT2D eigenvalue weighted by Gasteiger charge is 2.15. The molecule has 1 amide bonds. The van der Waals surface area contributed by atoms with Gasteiger partial charge in [0.1, 0.15) is 11.3 Å². The summed E-state index contributed by atoms with van der Waals surface area (Å²) in [5.41, 5.74) is 2.22. The summed E-state index contributed by atoms with van der Waals surface area (Å²) in [6.45, 7) is 2.00. The van der Waals surface area contributed by atoms with E-state index in [9.17, 15) is 4.79 Å². The van der Waals surface area contributed by atoms with Crippen molar-refractivity contribution in [3.8, 4) is 5.75 Å². The third-order valence-corrected chi connectivity index (χ3v) is 4.20. The van der Waals surface area contributed by atoms with Crippen LogP contribution >= 0.6 is 11.3 Å². The van der Waals surface area contributed by atoms with Gasteiger partial charge in [-0.15, -0.1) is 0 Å². The minimum absolute atomic E-state index is 0.272. The Morgan fingerprint density at radius 2 is 2.19 bits per heavy atom. The third kappa shape index (κ3) is 2.47. The molecule has 0 bridgehead atoms. The first-order valence-corrected chi connectivity index (χ1v) is 7.15. The number of methoxy groups -OCH3 is 1. The Hall–Kier alpha value is -2.41. The fourth-order valence-corrected chi connectivity index (χ4v) is 2.97. The summed E-state index contributed by atoms with van der Waals surface area (Å²) in [5, 5.41) is 7.38. The number of thiazole rings is 1. The van der Waals surface area contributed by atoms with Crippen LogP contribution in [0, 0.1) is 6.92 Å². The lowest BCUT2D eigenvalue weighted by Crippen LogP contribution is -2.12. The molecule has 1 aromatic carbocycles. The molecule has 0 saturated heterocycles. The number of hydrogen-bond donors (Lipinski definition) is 1. The van der Waals surface area contributed by atoms with Crippen molar-refractivity contribution in [2.45, 2.75) is 6.92 Å². The molecule has 1 N–H and O–H groups in total. The average Bonchev–Trinajstić information content (AvgIpc) is 3.06. The van der Waals surface area contributed by atoms with E-state index in [4.69, 9.17) is 4.74 Å². The van der Waals surface area contributed by atoms with Gasteiger partial charge in [0.2, 0.25) is 0 Å². The highest BCUT2D eigenvalue weighted by atomic mass is 32.1. The van der Waals surface area contributed by atoms with E-state index in [0.717, 1.165) is 15.8 Å². The van der Waals surface area contributed by atoms with Crippen LogP contribution in [0.3, 0.4) is 0 Å². The second kappa shape index (κ2) is 5.17. The number of carbonyl (C=O) groups is 1. The van der Waals surface area contributed by atoms with Crippen LogP contribution in [0.1, 0.15) is 16.1 Å². The van der Waals surface area contributed by atoms with Crippen LogP contribution in [0.5, 0.6) is 5.75 Å². The van der Waals surface area contributed by atoms with Gasteiger partial charge in [-0.25, -0.2) is 4.98 Å². The van der Waals surface area contributed by atoms with Gasteiger partial charge in [0, 0.05) is 13.2 Å². The molecule has 2 aromatic heterocycles. The van der Waals surface area contributed by atoms with Gasteiger partial charge >= 0.3 is 0 Å². The standard InChI is InChI=1S/C14H14N4O2S/c1-8-4-5-10(20-3)11-12(8)21-14(15-11)16-13(19)9-6-7-18(2)17-9/h4-7H,1-3H3,(H,15,16,19). The van der Waals surface area contributed by atoms with Gasteiger partial charge in [-0.2, -0.15) is 5.10 Å². The summed E-state index contributed by atoms with van der Waals surface area (Å²) in [4.78, 5) is 16.5. The van der Waals surface area contributed by atoms with Crippen LogP contribution in [0.15, 0.2) is 24.4 Å². The van der Waals surface area contributed by atoms with Crippen molar-refractivity contribution in [3.05, 3.63) is 35.7 Å². The van der Waals surface area contributed by atoms with Crippen LogP contribution in [0.2, 0.25) is 0 Å². The normalized spacial score (nSPS) is 10.8. The summed E-state index contributed by atoms with van der Waals surface area (Å²) in [7, 11) is 3.37. The molecule has 6 nitrogen and oxygen atoms in total. The Kier molecular flexibility index (Phi) is 3.34. The molecule has 0 aliphatic heterocycles. The van der Waals surface area contributed by atoms with Crippen LogP contribution in [-0.4, -0.2) is 27.8 Å². The highest BCUT2D eigenvalue weighted by molar-refractivity contribution is 7.22. The van der Waals surface area contributed by atoms with Crippen molar-refractivity contribution >= 4 is 32.6 Å². The van der Waals surface area contributed by atoms with E-state index < -0.39 is 0 Å². The number of nitrogens with one attached hydrogen (secondary N) is 1. The van der Waals surface area contributed by atoms with E-state index in [1.807, 2.05) is 19.1 Å². The van der Waals surface area contributed by atoms with Crippen molar-refractivity contribution in [2.75, 3.05) is 12.4 Å². The molecule has 108 valence electrons. The highest BCUT2D eigenvalue weighted by Crippen LogP contribution is 2.34. The second-order valence-electron chi connectivity index (χ2n) is 4.61. The maximum absolute atomic E-state index is 12.1. The van der Waals surface area contributed by atoms with Crippen LogP contribution in [0.4, 0.5) is 5.13 Å². The number of rotatable bonds is 3. The molecule has 2 heterocycles. The number of fused-ring (bicyclic) bond motifs is 1. The van der Waals surface area contributed by atoms with Crippen molar-refractivity contribution in [1.29, 1.82) is 0 Å². The zero-order valence-corrected chi connectivity index (χ0v) is 12.7. The van der Waals surface area contributed by atoms with Crippen LogP contribution in [0.25, 0.3) is 10.2 Å². The van der Waals surface area contributed by atoms with E-state index >= 15 is 0 Å². The lowest BCUT2D eigenvalue weighted by atomic mass is 10.2. The van der Waals surface area contributed by atoms with Gasteiger partial charge < -0.3 is 4.74 Å². The van der Waals surface area contributed by atoms with E-state index in [-0.39, 0.29) is 5.91 Å². The van der Waals surface area contributed by atoms with Gasteiger partial charge in [0.05, 0.1) is 11.8 Å². The first-order chi connectivity index (χ1) is 10.1. The number of hydrogen-bond acceptors (Lipinski definition) is 5. The number of ether oxygens (including phenoxy) is 1. The fourth-order valence-electron chi connectivity index (χ4n) is 2.03. The molecule has 3 rings (SSSR count). The van der Waals surface area contributed by atoms with Gasteiger partial charge in [0.25, 0.3) is 5.91 Å². The summed E-state index contributed by atoms with van der Waals surface area (Å²) in [6.07, 6.45) is 1.72. The fraction of sp³-hybridized carbons (Fsp3) is 0.214. The van der Waals surface area contributed by atoms with Crippen LogP contribution < -0.4 is 10.1 Å². The molecule has 0 aliphatic carbocycles. The van der Waals surface area contributed by atoms with E-state index in [0.29, 0.717) is 16.6 Å². The first-order valence-electron chi connectivity index (χ1n) is 6.33. The first kappa shape index (κ1) is 13.6. The van der Waals surface area contributed by atoms with Gasteiger partial charge in [-0.1, -0.05) is 17.4 Å². The lowest BCUT2D eigenvalue weighted by molar-refractivity contribution is 0.102. The summed E-state index contributed by atoms with van der Waals surface area (Å²) < 4.78 is 7.89. The summed E-state index contributed by atoms with van der Waals surface area (Å²) >= 11 is 1.43. The predicted molar refractivity (Wildman–Crippen MR) is 82.1 cm³/mol. The molecule has 0 atom stereocenters. The average molecular weight is 302 g/mol. The second-order valence-corrected chi connectivity index (χ2v) is 5.61. The van der Waals surface area contributed by atoms with Crippen molar-refractivity contribution in [3.63, 3.8) is 0 Å². The smallest absolute Gasteiger partial charge is 0.277 e. The molecule has 0 unspecified atom stereocenters. The minimum Gasteiger partial charge on any atom is -0.494 e. The van der Waals surface area contributed by atoms with Gasteiger partial charge in [-0.3, -0.25) is 14.8 Å². The Morgan fingerprint density at radius 1 is 1.38 bits per heavy atom. The maximum atomic E-state index is 12.1. The number of aryl methyl sites for hydroxylation is 2. The Morgan fingerprint density at radius 3 is 2.86 bits per heavy atom. The van der Waals surface area contributed by atoms with Crippen molar-refractivity contribution in [2.24, 2.45) is 7.05 Å². The van der Waals surface area contributed by atoms with Gasteiger partial charge in [0.15, 0.2) is 10.8 Å². The maximum Gasteiger partial charge on any atom is 0.277 e. The molecular formula is C14H14N4O2S. The minimum atomic E-state index is -0.272. The number of benzene rings is 1. The van der Waals surface area contributed by atoms with Crippen LogP contribution in [-0.2, 0) is 7.05 Å². The molecular weight excluding hydrogens is 288 g/mol. The predicted octanol–water partition coefficient (Wildman–Crippen LogP) is 2.60. The quantitative estimate of drug-likeness (QED) is 0.807. The molecule has 0 fully saturated rings. The van der Waals surface area contributed by atoms with Crippen molar-refractivity contribution < 1.29 is 9.53 Å². The number of aromatic nitrogens is 3. The molecule has 21 heavy (non-hydrogen) atoms. The Labute approximate surface area is 125 Å². The summed E-state index contributed by atoms with van der Waals surface area (Å²) in [5.74, 6) is 0.427. The number of anilines is 1. The lowest BCUT2D eigenvalue weighted by Gasteiger charge is -2.01. The van der Waals surface area contributed by atoms with E-state index in [2.05, 4.69) is 15.4 Å². The molecule has 0 radical (unpaired) electrons. The topological polar surface area (TPSA) is 69.0 Å². The zero-order valence-electron chi connectivity index (χ0n) is 11.9. The SMILES string of the molecule is COc1ccc(C)c2sc(NC(=O)c3ccn(C)n3)nc12. The Balaban J connectivity index is 1.94. The monoisotopic (exact) mass is 302 g/mol. The Bertz CT molecular complexity index is 822. The van der Waals surface area contributed by atoms with E-state index in [1.165, 1.54) is 11.3 Å². The number of nitrogens with zero attached hydrogens (tertiary/aromatic N) is 3. The third-order valence-electron chi connectivity index (χ3n) is 3.09. The van der Waals surface area contributed by atoms with Gasteiger partial charge in [-0.05, 0) is 24.6 Å². The largest absolute Gasteiger partial charge is 0.494 e. The zero-order chi connectivity index (χ0) is 15.0. The van der Waals surface area contributed by atoms with Crippen molar-refractivity contribution in [1.82, 2.24) is 14.8 Å². The molecule has 0 spiro atoms. The number of carbonyl (C=O) groups excluding carboxylic acids is 1. The molecule has 7 heteroatoms. The van der Waals surface area contributed by atoms with E-state index in [1.54, 1.807) is 31.1 Å². The molecule has 3 aromatic rings. The summed E-state index contributed by atoms with van der Waals surface area (Å²) in [6, 6.07) is 5.51. The molecule has 0 saturated carbocycles. The number of amides is 1. The molecule has 0 aliphatic rings.